The maximum absolute atomic E-state index is 12.1. The van der Waals surface area contributed by atoms with Crippen LogP contribution in [0.5, 0.6) is 5.75 Å². The predicted molar refractivity (Wildman–Crippen MR) is 85.6 cm³/mol. The van der Waals surface area contributed by atoms with Gasteiger partial charge in [0.05, 0.1) is 12.2 Å². The third-order valence-corrected chi connectivity index (χ3v) is 3.21. The van der Waals surface area contributed by atoms with Crippen molar-refractivity contribution in [1.82, 2.24) is 20.1 Å². The Labute approximate surface area is 133 Å². The number of carbonyl (C=O) groups is 1. The molecule has 0 aliphatic rings. The molecular formula is C17H16N4O2. The van der Waals surface area contributed by atoms with Crippen LogP contribution in [0, 0.1) is 0 Å². The fourth-order valence-electron chi connectivity index (χ4n) is 2.06. The van der Waals surface area contributed by atoms with E-state index in [0.29, 0.717) is 18.7 Å². The van der Waals surface area contributed by atoms with E-state index in [1.807, 2.05) is 42.5 Å². The Balaban J connectivity index is 1.48. The minimum Gasteiger partial charge on any atom is -0.492 e. The van der Waals surface area contributed by atoms with E-state index >= 15 is 0 Å². The summed E-state index contributed by atoms with van der Waals surface area (Å²) in [5.74, 6) is 0.658. The average molecular weight is 308 g/mol. The molecule has 2 aromatic carbocycles. The normalized spacial score (nSPS) is 10.3. The first-order valence-electron chi connectivity index (χ1n) is 7.24. The summed E-state index contributed by atoms with van der Waals surface area (Å²) in [7, 11) is 0. The van der Waals surface area contributed by atoms with Crippen LogP contribution in [0.1, 0.15) is 10.4 Å². The van der Waals surface area contributed by atoms with Crippen molar-refractivity contribution in [3.63, 3.8) is 0 Å². The summed E-state index contributed by atoms with van der Waals surface area (Å²) in [6.45, 7) is 0.866. The molecule has 0 saturated heterocycles. The number of benzene rings is 2. The molecule has 0 aliphatic heterocycles. The highest BCUT2D eigenvalue weighted by molar-refractivity contribution is 5.94. The van der Waals surface area contributed by atoms with Crippen LogP contribution in [0.25, 0.3) is 5.69 Å². The van der Waals surface area contributed by atoms with Gasteiger partial charge in [-0.25, -0.2) is 9.67 Å². The van der Waals surface area contributed by atoms with E-state index in [1.165, 1.54) is 6.33 Å². The van der Waals surface area contributed by atoms with Crippen molar-refractivity contribution in [2.75, 3.05) is 13.2 Å². The number of hydrogen-bond donors (Lipinski definition) is 1. The number of hydrogen-bond acceptors (Lipinski definition) is 4. The van der Waals surface area contributed by atoms with Crippen molar-refractivity contribution in [3.05, 3.63) is 72.8 Å². The number of rotatable bonds is 6. The maximum Gasteiger partial charge on any atom is 0.251 e. The Morgan fingerprint density at radius 2 is 1.87 bits per heavy atom. The van der Waals surface area contributed by atoms with Crippen LogP contribution in [-0.2, 0) is 0 Å². The molecular weight excluding hydrogens is 292 g/mol. The van der Waals surface area contributed by atoms with Gasteiger partial charge >= 0.3 is 0 Å². The van der Waals surface area contributed by atoms with Crippen LogP contribution in [0.3, 0.4) is 0 Å². The van der Waals surface area contributed by atoms with Gasteiger partial charge in [0.15, 0.2) is 0 Å². The fourth-order valence-corrected chi connectivity index (χ4v) is 2.06. The molecule has 6 nitrogen and oxygen atoms in total. The summed E-state index contributed by atoms with van der Waals surface area (Å²) in [4.78, 5) is 15.9. The summed E-state index contributed by atoms with van der Waals surface area (Å²) in [6, 6.07) is 16.7. The molecule has 0 saturated carbocycles. The van der Waals surface area contributed by atoms with Gasteiger partial charge in [-0.2, -0.15) is 5.10 Å². The number of carbonyl (C=O) groups excluding carboxylic acids is 1. The zero-order chi connectivity index (χ0) is 15.9. The molecule has 23 heavy (non-hydrogen) atoms. The fraction of sp³-hybridized carbons (Fsp3) is 0.118. The van der Waals surface area contributed by atoms with Gasteiger partial charge < -0.3 is 10.1 Å². The number of para-hydroxylation sites is 1. The lowest BCUT2D eigenvalue weighted by molar-refractivity contribution is 0.0947. The van der Waals surface area contributed by atoms with Crippen molar-refractivity contribution in [3.8, 4) is 11.4 Å². The molecule has 0 fully saturated rings. The van der Waals surface area contributed by atoms with E-state index in [-0.39, 0.29) is 5.91 Å². The third-order valence-electron chi connectivity index (χ3n) is 3.21. The Hall–Kier alpha value is -3.15. The van der Waals surface area contributed by atoms with Gasteiger partial charge in [-0.05, 0) is 36.4 Å². The van der Waals surface area contributed by atoms with Crippen LogP contribution in [0.15, 0.2) is 67.3 Å². The first-order valence-corrected chi connectivity index (χ1v) is 7.24. The van der Waals surface area contributed by atoms with Gasteiger partial charge in [0.1, 0.15) is 25.0 Å². The van der Waals surface area contributed by atoms with Crippen molar-refractivity contribution in [2.45, 2.75) is 0 Å². The molecule has 0 radical (unpaired) electrons. The van der Waals surface area contributed by atoms with Crippen LogP contribution in [-0.4, -0.2) is 33.8 Å². The Morgan fingerprint density at radius 1 is 1.09 bits per heavy atom. The molecule has 1 amide bonds. The highest BCUT2D eigenvalue weighted by Crippen LogP contribution is 2.09. The molecule has 1 aromatic heterocycles. The molecule has 0 unspecified atom stereocenters. The number of nitrogens with zero attached hydrogens (tertiary/aromatic N) is 3. The lowest BCUT2D eigenvalue weighted by Crippen LogP contribution is -2.28. The number of ether oxygens (including phenoxy) is 1. The average Bonchev–Trinajstić information content (AvgIpc) is 3.14. The molecule has 0 spiro atoms. The Bertz CT molecular complexity index is 740. The SMILES string of the molecule is O=C(NCCOc1ccccc1)c1ccc(-n2cncn2)cc1. The summed E-state index contributed by atoms with van der Waals surface area (Å²) >= 11 is 0. The smallest absolute Gasteiger partial charge is 0.251 e. The van der Waals surface area contributed by atoms with Gasteiger partial charge in [0.25, 0.3) is 5.91 Å². The maximum atomic E-state index is 12.1. The van der Waals surface area contributed by atoms with E-state index in [4.69, 9.17) is 4.74 Å². The zero-order valence-corrected chi connectivity index (χ0v) is 12.4. The monoisotopic (exact) mass is 308 g/mol. The second kappa shape index (κ2) is 7.22. The van der Waals surface area contributed by atoms with Crippen molar-refractivity contribution >= 4 is 5.91 Å². The summed E-state index contributed by atoms with van der Waals surface area (Å²) in [5.41, 5.74) is 1.44. The second-order valence-corrected chi connectivity index (χ2v) is 4.80. The Morgan fingerprint density at radius 3 is 2.57 bits per heavy atom. The minimum atomic E-state index is -0.133. The molecule has 0 bridgehead atoms. The van der Waals surface area contributed by atoms with Crippen LogP contribution < -0.4 is 10.1 Å². The van der Waals surface area contributed by atoms with Crippen molar-refractivity contribution in [2.24, 2.45) is 0 Å². The minimum absolute atomic E-state index is 0.133. The highest BCUT2D eigenvalue weighted by Gasteiger charge is 2.05. The largest absolute Gasteiger partial charge is 0.492 e. The van der Waals surface area contributed by atoms with E-state index in [1.54, 1.807) is 23.1 Å². The Kier molecular flexibility index (Phi) is 4.63. The molecule has 1 heterocycles. The van der Waals surface area contributed by atoms with Crippen LogP contribution in [0.2, 0.25) is 0 Å². The lowest BCUT2D eigenvalue weighted by Gasteiger charge is -2.08. The molecule has 6 heteroatoms. The van der Waals surface area contributed by atoms with E-state index in [2.05, 4.69) is 15.4 Å². The predicted octanol–water partition coefficient (Wildman–Crippen LogP) is 2.08. The quantitative estimate of drug-likeness (QED) is 0.708. The van der Waals surface area contributed by atoms with E-state index < -0.39 is 0 Å². The van der Waals surface area contributed by atoms with Gasteiger partial charge in [-0.1, -0.05) is 18.2 Å². The first kappa shape index (κ1) is 14.8. The summed E-state index contributed by atoms with van der Waals surface area (Å²) < 4.78 is 7.16. The number of amides is 1. The van der Waals surface area contributed by atoms with E-state index in [0.717, 1.165) is 11.4 Å². The van der Waals surface area contributed by atoms with Gasteiger partial charge in [-0.3, -0.25) is 4.79 Å². The molecule has 3 aromatic rings. The summed E-state index contributed by atoms with van der Waals surface area (Å²) in [6.07, 6.45) is 3.07. The van der Waals surface area contributed by atoms with Gasteiger partial charge in [0.2, 0.25) is 0 Å². The second-order valence-electron chi connectivity index (χ2n) is 4.80. The standard InChI is InChI=1S/C17H16N4O2/c22-17(19-10-11-23-16-4-2-1-3-5-16)14-6-8-15(9-7-14)21-13-18-12-20-21/h1-9,12-13H,10-11H2,(H,19,22). The van der Waals surface area contributed by atoms with Crippen LogP contribution in [0.4, 0.5) is 0 Å². The zero-order valence-electron chi connectivity index (χ0n) is 12.4. The molecule has 3 rings (SSSR count). The van der Waals surface area contributed by atoms with Crippen LogP contribution >= 0.6 is 0 Å². The molecule has 116 valence electrons. The topological polar surface area (TPSA) is 69.0 Å². The van der Waals surface area contributed by atoms with E-state index in [9.17, 15) is 4.79 Å². The van der Waals surface area contributed by atoms with Crippen molar-refractivity contribution < 1.29 is 9.53 Å². The third kappa shape index (κ3) is 3.94. The molecule has 1 N–H and O–H groups in total. The number of nitrogens with one attached hydrogen (secondary N) is 1. The summed E-state index contributed by atoms with van der Waals surface area (Å²) in [5, 5.41) is 6.86. The first-order chi connectivity index (χ1) is 11.3. The van der Waals surface area contributed by atoms with Gasteiger partial charge in [0, 0.05) is 5.56 Å². The van der Waals surface area contributed by atoms with Gasteiger partial charge in [-0.15, -0.1) is 0 Å². The molecule has 0 atom stereocenters. The van der Waals surface area contributed by atoms with Crippen molar-refractivity contribution in [1.29, 1.82) is 0 Å². The molecule has 0 aliphatic carbocycles. The number of aromatic nitrogens is 3. The highest BCUT2D eigenvalue weighted by atomic mass is 16.5. The lowest BCUT2D eigenvalue weighted by atomic mass is 10.2.